The van der Waals surface area contributed by atoms with Gasteiger partial charge < -0.3 is 10.1 Å². The Kier molecular flexibility index (Phi) is 3.21. The molecule has 0 atom stereocenters. The van der Waals surface area contributed by atoms with Crippen molar-refractivity contribution in [3.63, 3.8) is 0 Å². The van der Waals surface area contributed by atoms with Crippen molar-refractivity contribution in [3.05, 3.63) is 11.5 Å². The fourth-order valence-corrected chi connectivity index (χ4v) is 1.57. The molecule has 0 aliphatic rings. The Bertz CT molecular complexity index is 498. The third kappa shape index (κ3) is 2.07. The molecule has 0 unspecified atom stereocenters. The van der Waals surface area contributed by atoms with Gasteiger partial charge in [0.05, 0.1) is 18.2 Å². The van der Waals surface area contributed by atoms with Crippen LogP contribution in [0.5, 0.6) is 0 Å². The van der Waals surface area contributed by atoms with Crippen LogP contribution >= 0.6 is 11.6 Å². The molecular formula is C9H12ClN5O. The minimum atomic E-state index is 0.205. The lowest BCUT2D eigenvalue weighted by Crippen LogP contribution is -2.09. The lowest BCUT2D eigenvalue weighted by molar-refractivity contribution is 0.210. The molecule has 7 heteroatoms. The van der Waals surface area contributed by atoms with Crippen LogP contribution in [0.4, 0.5) is 5.82 Å². The summed E-state index contributed by atoms with van der Waals surface area (Å²) in [6.07, 6.45) is 1.71. The normalized spacial score (nSPS) is 10.9. The molecule has 86 valence electrons. The monoisotopic (exact) mass is 241 g/mol. The molecule has 0 aromatic carbocycles. The highest BCUT2D eigenvalue weighted by molar-refractivity contribution is 6.28. The van der Waals surface area contributed by atoms with E-state index in [1.807, 2.05) is 7.05 Å². The van der Waals surface area contributed by atoms with E-state index in [0.717, 1.165) is 5.39 Å². The first kappa shape index (κ1) is 11.1. The van der Waals surface area contributed by atoms with Crippen molar-refractivity contribution < 1.29 is 4.74 Å². The van der Waals surface area contributed by atoms with E-state index in [1.54, 1.807) is 18.0 Å². The van der Waals surface area contributed by atoms with Crippen LogP contribution in [0.1, 0.15) is 0 Å². The number of nitrogens with one attached hydrogen (secondary N) is 1. The van der Waals surface area contributed by atoms with E-state index in [4.69, 9.17) is 16.3 Å². The van der Waals surface area contributed by atoms with Gasteiger partial charge in [0.15, 0.2) is 5.65 Å². The maximum atomic E-state index is 5.83. The van der Waals surface area contributed by atoms with Gasteiger partial charge in [-0.1, -0.05) is 0 Å². The lowest BCUT2D eigenvalue weighted by atomic mass is 10.4. The highest BCUT2D eigenvalue weighted by Gasteiger charge is 2.09. The highest BCUT2D eigenvalue weighted by atomic mass is 35.5. The summed E-state index contributed by atoms with van der Waals surface area (Å²) >= 11 is 5.83. The zero-order chi connectivity index (χ0) is 11.5. The van der Waals surface area contributed by atoms with Crippen molar-refractivity contribution in [2.45, 2.75) is 0 Å². The molecular weight excluding hydrogens is 230 g/mol. The Balaban J connectivity index is 2.35. The van der Waals surface area contributed by atoms with Crippen LogP contribution in [0, 0.1) is 0 Å². The van der Waals surface area contributed by atoms with Crippen molar-refractivity contribution in [1.82, 2.24) is 19.7 Å². The first-order valence-corrected chi connectivity index (χ1v) is 5.18. The van der Waals surface area contributed by atoms with Gasteiger partial charge in [-0.2, -0.15) is 15.1 Å². The van der Waals surface area contributed by atoms with Gasteiger partial charge in [0.1, 0.15) is 5.82 Å². The minimum Gasteiger partial charge on any atom is -0.383 e. The molecule has 2 aromatic heterocycles. The van der Waals surface area contributed by atoms with E-state index in [9.17, 15) is 0 Å². The second-order valence-corrected chi connectivity index (χ2v) is 3.60. The van der Waals surface area contributed by atoms with Gasteiger partial charge in [-0.3, -0.25) is 4.68 Å². The zero-order valence-electron chi connectivity index (χ0n) is 9.07. The Morgan fingerprint density at radius 1 is 1.50 bits per heavy atom. The molecule has 16 heavy (non-hydrogen) atoms. The summed E-state index contributed by atoms with van der Waals surface area (Å²) in [5, 5.41) is 8.29. The van der Waals surface area contributed by atoms with Crippen LogP contribution in [0.25, 0.3) is 11.0 Å². The van der Waals surface area contributed by atoms with Crippen molar-refractivity contribution in [2.24, 2.45) is 7.05 Å². The Morgan fingerprint density at radius 3 is 3.06 bits per heavy atom. The summed E-state index contributed by atoms with van der Waals surface area (Å²) < 4.78 is 6.61. The van der Waals surface area contributed by atoms with Crippen molar-refractivity contribution in [2.75, 3.05) is 25.6 Å². The maximum absolute atomic E-state index is 5.83. The lowest BCUT2D eigenvalue weighted by Gasteiger charge is -2.05. The predicted molar refractivity (Wildman–Crippen MR) is 61.7 cm³/mol. The van der Waals surface area contributed by atoms with Crippen LogP contribution in [-0.2, 0) is 11.8 Å². The fourth-order valence-electron chi connectivity index (χ4n) is 1.40. The number of anilines is 1. The highest BCUT2D eigenvalue weighted by Crippen LogP contribution is 2.20. The summed E-state index contributed by atoms with van der Waals surface area (Å²) in [6, 6.07) is 0. The number of ether oxygens (including phenoxy) is 1. The Hall–Kier alpha value is -1.40. The van der Waals surface area contributed by atoms with Crippen molar-refractivity contribution >= 4 is 28.5 Å². The minimum absolute atomic E-state index is 0.205. The van der Waals surface area contributed by atoms with E-state index in [1.165, 1.54) is 0 Å². The van der Waals surface area contributed by atoms with Gasteiger partial charge >= 0.3 is 0 Å². The first-order valence-electron chi connectivity index (χ1n) is 4.80. The third-order valence-corrected chi connectivity index (χ3v) is 2.33. The van der Waals surface area contributed by atoms with Crippen LogP contribution in [0.15, 0.2) is 6.20 Å². The second kappa shape index (κ2) is 4.63. The van der Waals surface area contributed by atoms with Crippen molar-refractivity contribution in [1.29, 1.82) is 0 Å². The molecule has 2 aromatic rings. The molecule has 0 spiro atoms. The van der Waals surface area contributed by atoms with Gasteiger partial charge in [-0.05, 0) is 11.6 Å². The molecule has 0 radical (unpaired) electrons. The Labute approximate surface area is 97.6 Å². The molecule has 0 saturated heterocycles. The van der Waals surface area contributed by atoms with Crippen LogP contribution in [0.2, 0.25) is 5.28 Å². The molecule has 0 saturated carbocycles. The molecule has 0 fully saturated rings. The van der Waals surface area contributed by atoms with Gasteiger partial charge in [0, 0.05) is 20.7 Å². The van der Waals surface area contributed by atoms with Crippen LogP contribution < -0.4 is 5.32 Å². The first-order chi connectivity index (χ1) is 7.72. The number of hydrogen-bond donors (Lipinski definition) is 1. The molecule has 2 heterocycles. The van der Waals surface area contributed by atoms with Gasteiger partial charge in [0.25, 0.3) is 0 Å². The van der Waals surface area contributed by atoms with E-state index >= 15 is 0 Å². The summed E-state index contributed by atoms with van der Waals surface area (Å²) in [4.78, 5) is 8.23. The number of hydrogen-bond acceptors (Lipinski definition) is 5. The standard InChI is InChI=1S/C9H12ClN5O/c1-15-8-6(5-12-15)7(11-3-4-16-2)13-9(10)14-8/h5H,3-4H2,1-2H3,(H,11,13,14). The molecule has 1 N–H and O–H groups in total. The number of aryl methyl sites for hydroxylation is 1. The molecule has 2 rings (SSSR count). The fraction of sp³-hybridized carbons (Fsp3) is 0.444. The third-order valence-electron chi connectivity index (χ3n) is 2.16. The molecule has 6 nitrogen and oxygen atoms in total. The molecule has 0 aliphatic heterocycles. The Morgan fingerprint density at radius 2 is 2.31 bits per heavy atom. The second-order valence-electron chi connectivity index (χ2n) is 3.27. The molecule has 0 bridgehead atoms. The number of aromatic nitrogens is 4. The van der Waals surface area contributed by atoms with E-state index in [-0.39, 0.29) is 5.28 Å². The van der Waals surface area contributed by atoms with Crippen LogP contribution in [0.3, 0.4) is 0 Å². The number of methoxy groups -OCH3 is 1. The average molecular weight is 242 g/mol. The largest absolute Gasteiger partial charge is 0.383 e. The quantitative estimate of drug-likeness (QED) is 0.641. The van der Waals surface area contributed by atoms with Crippen LogP contribution in [-0.4, -0.2) is 40.0 Å². The SMILES string of the molecule is COCCNc1nc(Cl)nc2c1cnn2C. The predicted octanol–water partition coefficient (Wildman–Crippen LogP) is 1.07. The number of halogens is 1. The number of rotatable bonds is 4. The van der Waals surface area contributed by atoms with E-state index < -0.39 is 0 Å². The molecule has 0 amide bonds. The summed E-state index contributed by atoms with van der Waals surface area (Å²) in [5.41, 5.74) is 0.708. The average Bonchev–Trinajstić information content (AvgIpc) is 2.61. The molecule has 0 aliphatic carbocycles. The summed E-state index contributed by atoms with van der Waals surface area (Å²) in [5.74, 6) is 0.681. The number of nitrogens with zero attached hydrogens (tertiary/aromatic N) is 4. The summed E-state index contributed by atoms with van der Waals surface area (Å²) in [7, 11) is 3.46. The summed E-state index contributed by atoms with van der Waals surface area (Å²) in [6.45, 7) is 1.26. The van der Waals surface area contributed by atoms with Gasteiger partial charge in [-0.25, -0.2) is 0 Å². The zero-order valence-corrected chi connectivity index (χ0v) is 9.82. The topological polar surface area (TPSA) is 64.9 Å². The van der Waals surface area contributed by atoms with E-state index in [2.05, 4.69) is 20.4 Å². The smallest absolute Gasteiger partial charge is 0.226 e. The van der Waals surface area contributed by atoms with Gasteiger partial charge in [0.2, 0.25) is 5.28 Å². The van der Waals surface area contributed by atoms with Gasteiger partial charge in [-0.15, -0.1) is 0 Å². The maximum Gasteiger partial charge on any atom is 0.226 e. The van der Waals surface area contributed by atoms with Crippen molar-refractivity contribution in [3.8, 4) is 0 Å². The van der Waals surface area contributed by atoms with E-state index in [0.29, 0.717) is 24.6 Å². The number of fused-ring (bicyclic) bond motifs is 1.